The second-order valence-corrected chi connectivity index (χ2v) is 8.34. The van der Waals surface area contributed by atoms with Crippen molar-refractivity contribution in [3.05, 3.63) is 34.1 Å². The number of halogens is 2. The Morgan fingerprint density at radius 2 is 1.96 bits per heavy atom. The summed E-state index contributed by atoms with van der Waals surface area (Å²) in [5, 5.41) is 4.97. The maximum absolute atomic E-state index is 11.5. The maximum atomic E-state index is 11.5. The third-order valence-corrected chi connectivity index (χ3v) is 5.74. The number of hydrogen-bond acceptors (Lipinski definition) is 5. The lowest BCUT2D eigenvalue weighted by Crippen LogP contribution is -2.37. The van der Waals surface area contributed by atoms with E-state index in [0.29, 0.717) is 53.3 Å². The number of benzene rings is 1. The fraction of sp³-hybridized carbons (Fsp3) is 0.429. The standard InChI is InChI=1S/C14H15Cl2N3O3S/c1-23(20,21)19-6-4-9(5-7-19)14-17-13(18-22-14)11-3-2-10(15)8-12(11)16/h2-3,8-9H,4-7H2,1H3. The van der Waals surface area contributed by atoms with Gasteiger partial charge in [-0.25, -0.2) is 12.7 Å². The number of aromatic nitrogens is 2. The summed E-state index contributed by atoms with van der Waals surface area (Å²) >= 11 is 12.0. The highest BCUT2D eigenvalue weighted by molar-refractivity contribution is 7.88. The van der Waals surface area contributed by atoms with Crippen LogP contribution in [0.2, 0.25) is 10.0 Å². The highest BCUT2D eigenvalue weighted by atomic mass is 35.5. The third kappa shape index (κ3) is 3.68. The highest BCUT2D eigenvalue weighted by Gasteiger charge is 2.29. The Labute approximate surface area is 144 Å². The lowest BCUT2D eigenvalue weighted by molar-refractivity contribution is 0.271. The molecule has 9 heteroatoms. The fourth-order valence-electron chi connectivity index (χ4n) is 2.62. The van der Waals surface area contributed by atoms with E-state index in [1.807, 2.05) is 0 Å². The lowest BCUT2D eigenvalue weighted by Gasteiger charge is -2.28. The smallest absolute Gasteiger partial charge is 0.230 e. The molecule has 1 saturated heterocycles. The SMILES string of the molecule is CS(=O)(=O)N1CCC(c2nc(-c3ccc(Cl)cc3Cl)no2)CC1. The van der Waals surface area contributed by atoms with Crippen molar-refractivity contribution in [2.24, 2.45) is 0 Å². The van der Waals surface area contributed by atoms with Crippen LogP contribution in [0, 0.1) is 0 Å². The zero-order valence-electron chi connectivity index (χ0n) is 12.4. The van der Waals surface area contributed by atoms with Crippen LogP contribution < -0.4 is 0 Å². The third-order valence-electron chi connectivity index (χ3n) is 3.89. The van der Waals surface area contributed by atoms with Crippen molar-refractivity contribution in [1.82, 2.24) is 14.4 Å². The molecule has 0 bridgehead atoms. The summed E-state index contributed by atoms with van der Waals surface area (Å²) in [4.78, 5) is 4.41. The van der Waals surface area contributed by atoms with Crippen LogP contribution in [-0.2, 0) is 10.0 Å². The van der Waals surface area contributed by atoms with Crippen molar-refractivity contribution in [2.75, 3.05) is 19.3 Å². The van der Waals surface area contributed by atoms with Crippen LogP contribution in [-0.4, -0.2) is 42.2 Å². The van der Waals surface area contributed by atoms with Gasteiger partial charge in [-0.3, -0.25) is 0 Å². The number of sulfonamides is 1. The Bertz CT molecular complexity index is 814. The average Bonchev–Trinajstić information content (AvgIpc) is 2.96. The molecule has 124 valence electrons. The number of piperidine rings is 1. The summed E-state index contributed by atoms with van der Waals surface area (Å²) in [6.45, 7) is 0.922. The first-order valence-electron chi connectivity index (χ1n) is 7.09. The molecule has 0 saturated carbocycles. The molecule has 0 radical (unpaired) electrons. The Balaban J connectivity index is 1.76. The van der Waals surface area contributed by atoms with Crippen LogP contribution in [0.15, 0.2) is 22.7 Å². The summed E-state index contributed by atoms with van der Waals surface area (Å²) in [6.07, 6.45) is 2.53. The summed E-state index contributed by atoms with van der Waals surface area (Å²) in [5.41, 5.74) is 0.652. The van der Waals surface area contributed by atoms with Crippen LogP contribution >= 0.6 is 23.2 Å². The van der Waals surface area contributed by atoms with Crippen LogP contribution in [0.1, 0.15) is 24.7 Å². The van der Waals surface area contributed by atoms with Gasteiger partial charge in [-0.2, -0.15) is 4.98 Å². The number of nitrogens with zero attached hydrogens (tertiary/aromatic N) is 3. The zero-order chi connectivity index (χ0) is 16.6. The van der Waals surface area contributed by atoms with Crippen molar-refractivity contribution < 1.29 is 12.9 Å². The summed E-state index contributed by atoms with van der Waals surface area (Å²) in [6, 6.07) is 5.08. The quantitative estimate of drug-likeness (QED) is 0.822. The van der Waals surface area contributed by atoms with Crippen LogP contribution in [0.5, 0.6) is 0 Å². The largest absolute Gasteiger partial charge is 0.339 e. The molecule has 1 aromatic heterocycles. The molecular weight excluding hydrogens is 361 g/mol. The first-order chi connectivity index (χ1) is 10.8. The zero-order valence-corrected chi connectivity index (χ0v) is 14.7. The van der Waals surface area contributed by atoms with Gasteiger partial charge in [-0.15, -0.1) is 0 Å². The van der Waals surface area contributed by atoms with E-state index in [1.54, 1.807) is 18.2 Å². The summed E-state index contributed by atoms with van der Waals surface area (Å²) in [5.74, 6) is 0.978. The molecule has 1 aliphatic rings. The van der Waals surface area contributed by atoms with Crippen LogP contribution in [0.4, 0.5) is 0 Å². The molecule has 1 fully saturated rings. The predicted molar refractivity (Wildman–Crippen MR) is 88.1 cm³/mol. The van der Waals surface area contributed by atoms with Crippen LogP contribution in [0.25, 0.3) is 11.4 Å². The first-order valence-corrected chi connectivity index (χ1v) is 9.69. The van der Waals surface area contributed by atoms with E-state index in [2.05, 4.69) is 10.1 Å². The van der Waals surface area contributed by atoms with Crippen molar-refractivity contribution in [3.8, 4) is 11.4 Å². The highest BCUT2D eigenvalue weighted by Crippen LogP contribution is 2.32. The number of rotatable bonds is 3. The molecule has 23 heavy (non-hydrogen) atoms. The minimum Gasteiger partial charge on any atom is -0.339 e. The van der Waals surface area contributed by atoms with E-state index in [9.17, 15) is 8.42 Å². The van der Waals surface area contributed by atoms with Gasteiger partial charge in [0.05, 0.1) is 11.3 Å². The number of hydrogen-bond donors (Lipinski definition) is 0. The molecule has 2 heterocycles. The maximum Gasteiger partial charge on any atom is 0.230 e. The Morgan fingerprint density at radius 3 is 2.57 bits per heavy atom. The van der Waals surface area contributed by atoms with E-state index in [4.69, 9.17) is 27.7 Å². The van der Waals surface area contributed by atoms with Gasteiger partial charge >= 0.3 is 0 Å². The molecule has 2 aromatic rings. The molecule has 0 N–H and O–H groups in total. The van der Waals surface area contributed by atoms with Gasteiger partial charge in [0.2, 0.25) is 21.7 Å². The van der Waals surface area contributed by atoms with E-state index < -0.39 is 10.0 Å². The molecule has 6 nitrogen and oxygen atoms in total. The van der Waals surface area contributed by atoms with Gasteiger partial charge in [0.15, 0.2) is 0 Å². The van der Waals surface area contributed by atoms with E-state index >= 15 is 0 Å². The lowest BCUT2D eigenvalue weighted by atomic mass is 9.98. The van der Waals surface area contributed by atoms with Gasteiger partial charge in [0, 0.05) is 29.6 Å². The molecular formula is C14H15Cl2N3O3S. The molecule has 0 aliphatic carbocycles. The summed E-state index contributed by atoms with van der Waals surface area (Å²) < 4.78 is 29.9. The second-order valence-electron chi connectivity index (χ2n) is 5.52. The van der Waals surface area contributed by atoms with Gasteiger partial charge in [-0.05, 0) is 31.0 Å². The minimum atomic E-state index is -3.14. The second kappa shape index (κ2) is 6.39. The van der Waals surface area contributed by atoms with Crippen LogP contribution in [0.3, 0.4) is 0 Å². The molecule has 3 rings (SSSR count). The van der Waals surface area contributed by atoms with Gasteiger partial charge < -0.3 is 4.52 Å². The Morgan fingerprint density at radius 1 is 1.26 bits per heavy atom. The molecule has 0 amide bonds. The predicted octanol–water partition coefficient (Wildman–Crippen LogP) is 3.18. The van der Waals surface area contributed by atoms with Crippen molar-refractivity contribution in [2.45, 2.75) is 18.8 Å². The van der Waals surface area contributed by atoms with Crippen molar-refractivity contribution in [1.29, 1.82) is 0 Å². The van der Waals surface area contributed by atoms with Crippen molar-refractivity contribution >= 4 is 33.2 Å². The van der Waals surface area contributed by atoms with Gasteiger partial charge in [0.25, 0.3) is 0 Å². The van der Waals surface area contributed by atoms with Crippen molar-refractivity contribution in [3.63, 3.8) is 0 Å². The molecule has 1 aliphatic heterocycles. The monoisotopic (exact) mass is 375 g/mol. The minimum absolute atomic E-state index is 0.0559. The molecule has 0 atom stereocenters. The average molecular weight is 376 g/mol. The van der Waals surface area contributed by atoms with E-state index in [-0.39, 0.29) is 5.92 Å². The van der Waals surface area contributed by atoms with E-state index in [1.165, 1.54) is 10.6 Å². The van der Waals surface area contributed by atoms with Gasteiger partial charge in [0.1, 0.15) is 0 Å². The Hall–Kier alpha value is -1.15. The normalized spacial score (nSPS) is 17.5. The summed E-state index contributed by atoms with van der Waals surface area (Å²) in [7, 11) is -3.14. The molecule has 1 aromatic carbocycles. The molecule has 0 spiro atoms. The molecule has 0 unspecified atom stereocenters. The first kappa shape index (κ1) is 16.7. The van der Waals surface area contributed by atoms with E-state index in [0.717, 1.165) is 0 Å². The topological polar surface area (TPSA) is 76.3 Å². The Kier molecular flexibility index (Phi) is 4.64. The fourth-order valence-corrected chi connectivity index (χ4v) is 3.98. The van der Waals surface area contributed by atoms with Gasteiger partial charge in [-0.1, -0.05) is 28.4 Å².